The first-order chi connectivity index (χ1) is 9.13. The van der Waals surface area contributed by atoms with E-state index in [1.54, 1.807) is 30.3 Å². The SMILES string of the molecule is CNC(=O)Cc1ccc(-c2ccccc2)c(F)c1F. The monoisotopic (exact) mass is 261 g/mol. The van der Waals surface area contributed by atoms with Crippen LogP contribution < -0.4 is 5.32 Å². The van der Waals surface area contributed by atoms with Crippen LogP contribution in [0.2, 0.25) is 0 Å². The maximum Gasteiger partial charge on any atom is 0.224 e. The van der Waals surface area contributed by atoms with Crippen LogP contribution in [-0.4, -0.2) is 13.0 Å². The number of likely N-dealkylation sites (N-methyl/N-ethyl adjacent to an activating group) is 1. The molecule has 0 aliphatic heterocycles. The molecule has 4 heteroatoms. The van der Waals surface area contributed by atoms with E-state index < -0.39 is 11.6 Å². The topological polar surface area (TPSA) is 29.1 Å². The number of hydrogen-bond donors (Lipinski definition) is 1. The van der Waals surface area contributed by atoms with Crippen LogP contribution in [0.4, 0.5) is 8.78 Å². The van der Waals surface area contributed by atoms with Crippen LogP contribution in [0.25, 0.3) is 11.1 Å². The molecule has 2 rings (SSSR count). The van der Waals surface area contributed by atoms with Gasteiger partial charge < -0.3 is 5.32 Å². The van der Waals surface area contributed by atoms with Crippen molar-refractivity contribution in [1.82, 2.24) is 5.32 Å². The van der Waals surface area contributed by atoms with Gasteiger partial charge in [-0.2, -0.15) is 0 Å². The minimum Gasteiger partial charge on any atom is -0.359 e. The molecule has 0 aromatic heterocycles. The normalized spacial score (nSPS) is 10.3. The van der Waals surface area contributed by atoms with Gasteiger partial charge in [-0.15, -0.1) is 0 Å². The van der Waals surface area contributed by atoms with Crippen LogP contribution in [0.15, 0.2) is 42.5 Å². The summed E-state index contributed by atoms with van der Waals surface area (Å²) in [4.78, 5) is 11.2. The summed E-state index contributed by atoms with van der Waals surface area (Å²) in [6.45, 7) is 0. The Morgan fingerprint density at radius 3 is 2.37 bits per heavy atom. The number of benzene rings is 2. The van der Waals surface area contributed by atoms with E-state index in [1.165, 1.54) is 19.2 Å². The molecule has 19 heavy (non-hydrogen) atoms. The molecule has 0 aliphatic rings. The Kier molecular flexibility index (Phi) is 3.90. The maximum absolute atomic E-state index is 14.0. The second kappa shape index (κ2) is 5.61. The number of hydrogen-bond acceptors (Lipinski definition) is 1. The third-order valence-electron chi connectivity index (χ3n) is 2.88. The second-order valence-corrected chi connectivity index (χ2v) is 4.12. The van der Waals surface area contributed by atoms with Crippen molar-refractivity contribution < 1.29 is 13.6 Å². The van der Waals surface area contributed by atoms with Crippen molar-refractivity contribution in [2.24, 2.45) is 0 Å². The molecule has 98 valence electrons. The van der Waals surface area contributed by atoms with E-state index in [4.69, 9.17) is 0 Å². The second-order valence-electron chi connectivity index (χ2n) is 4.12. The third-order valence-corrected chi connectivity index (χ3v) is 2.88. The van der Waals surface area contributed by atoms with E-state index in [1.807, 2.05) is 0 Å². The van der Waals surface area contributed by atoms with Crippen LogP contribution in [0.3, 0.4) is 0 Å². The summed E-state index contributed by atoms with van der Waals surface area (Å²) in [5.41, 5.74) is 0.848. The first kappa shape index (κ1) is 13.2. The first-order valence-electron chi connectivity index (χ1n) is 5.86. The summed E-state index contributed by atoms with van der Waals surface area (Å²) in [7, 11) is 1.45. The van der Waals surface area contributed by atoms with E-state index in [0.717, 1.165) is 0 Å². The highest BCUT2D eigenvalue weighted by Gasteiger charge is 2.16. The molecule has 0 heterocycles. The van der Waals surface area contributed by atoms with E-state index in [9.17, 15) is 13.6 Å². The highest BCUT2D eigenvalue weighted by atomic mass is 19.2. The van der Waals surface area contributed by atoms with Gasteiger partial charge in [-0.25, -0.2) is 8.78 Å². The molecule has 0 spiro atoms. The Bertz CT molecular complexity index is 597. The summed E-state index contributed by atoms with van der Waals surface area (Å²) in [6.07, 6.45) is -0.172. The van der Waals surface area contributed by atoms with Crippen molar-refractivity contribution in [3.8, 4) is 11.1 Å². The Hall–Kier alpha value is -2.23. The first-order valence-corrected chi connectivity index (χ1v) is 5.86. The molecule has 0 saturated heterocycles. The zero-order valence-corrected chi connectivity index (χ0v) is 10.4. The van der Waals surface area contributed by atoms with E-state index in [-0.39, 0.29) is 23.5 Å². The summed E-state index contributed by atoms with van der Waals surface area (Å²) >= 11 is 0. The fourth-order valence-corrected chi connectivity index (χ4v) is 1.83. The number of rotatable bonds is 3. The van der Waals surface area contributed by atoms with Crippen molar-refractivity contribution in [2.75, 3.05) is 7.05 Å². The standard InChI is InChI=1S/C15H13F2NO/c1-18-13(19)9-11-7-8-12(15(17)14(11)16)10-5-3-2-4-6-10/h2-8H,9H2,1H3,(H,18,19). The average Bonchev–Trinajstić information content (AvgIpc) is 2.45. The lowest BCUT2D eigenvalue weighted by molar-refractivity contribution is -0.120. The number of halogens is 2. The van der Waals surface area contributed by atoms with Gasteiger partial charge in [-0.3, -0.25) is 4.79 Å². The number of carbonyl (C=O) groups excluding carboxylic acids is 1. The lowest BCUT2D eigenvalue weighted by atomic mass is 10.0. The fourth-order valence-electron chi connectivity index (χ4n) is 1.83. The molecule has 0 radical (unpaired) electrons. The van der Waals surface area contributed by atoms with E-state index >= 15 is 0 Å². The lowest BCUT2D eigenvalue weighted by Gasteiger charge is -2.08. The van der Waals surface area contributed by atoms with Gasteiger partial charge in [0.05, 0.1) is 6.42 Å². The minimum atomic E-state index is -0.968. The van der Waals surface area contributed by atoms with Gasteiger partial charge >= 0.3 is 0 Å². The van der Waals surface area contributed by atoms with Gasteiger partial charge in [0.15, 0.2) is 11.6 Å². The van der Waals surface area contributed by atoms with Crippen LogP contribution in [0.5, 0.6) is 0 Å². The predicted octanol–water partition coefficient (Wildman–Crippen LogP) is 2.92. The lowest BCUT2D eigenvalue weighted by Crippen LogP contribution is -2.20. The molecular formula is C15H13F2NO. The van der Waals surface area contributed by atoms with Gasteiger partial charge in [0.2, 0.25) is 5.91 Å². The van der Waals surface area contributed by atoms with Crippen LogP contribution in [0.1, 0.15) is 5.56 Å². The fraction of sp³-hybridized carbons (Fsp3) is 0.133. The summed E-state index contributed by atoms with van der Waals surface area (Å²) < 4.78 is 27.9. The molecule has 0 bridgehead atoms. The Balaban J connectivity index is 2.41. The molecule has 0 saturated carbocycles. The molecule has 1 N–H and O–H groups in total. The Morgan fingerprint density at radius 1 is 1.05 bits per heavy atom. The third kappa shape index (κ3) is 2.78. The predicted molar refractivity (Wildman–Crippen MR) is 69.6 cm³/mol. The van der Waals surface area contributed by atoms with Crippen molar-refractivity contribution in [3.63, 3.8) is 0 Å². The van der Waals surface area contributed by atoms with Gasteiger partial charge in [0.25, 0.3) is 0 Å². The number of carbonyl (C=O) groups is 1. The molecule has 0 unspecified atom stereocenters. The van der Waals surface area contributed by atoms with E-state index in [2.05, 4.69) is 5.32 Å². The highest BCUT2D eigenvalue weighted by Crippen LogP contribution is 2.26. The molecule has 0 aliphatic carbocycles. The molecule has 0 atom stereocenters. The molecule has 2 aromatic carbocycles. The summed E-state index contributed by atoms with van der Waals surface area (Å²) in [5, 5.41) is 2.38. The summed E-state index contributed by atoms with van der Waals surface area (Å²) in [5.74, 6) is -2.25. The van der Waals surface area contributed by atoms with Gasteiger partial charge in [0.1, 0.15) is 0 Å². The average molecular weight is 261 g/mol. The highest BCUT2D eigenvalue weighted by molar-refractivity contribution is 5.78. The van der Waals surface area contributed by atoms with Gasteiger partial charge in [-0.1, -0.05) is 42.5 Å². The van der Waals surface area contributed by atoms with Crippen LogP contribution in [-0.2, 0) is 11.2 Å². The molecular weight excluding hydrogens is 248 g/mol. The zero-order chi connectivity index (χ0) is 13.8. The van der Waals surface area contributed by atoms with Crippen molar-refractivity contribution >= 4 is 5.91 Å². The molecule has 0 fully saturated rings. The number of amides is 1. The Labute approximate surface area is 110 Å². The smallest absolute Gasteiger partial charge is 0.224 e. The minimum absolute atomic E-state index is 0.0523. The molecule has 2 aromatic rings. The van der Waals surface area contributed by atoms with E-state index in [0.29, 0.717) is 5.56 Å². The van der Waals surface area contributed by atoms with Gasteiger partial charge in [0, 0.05) is 18.2 Å². The molecule has 1 amide bonds. The van der Waals surface area contributed by atoms with Crippen molar-refractivity contribution in [2.45, 2.75) is 6.42 Å². The zero-order valence-electron chi connectivity index (χ0n) is 10.4. The largest absolute Gasteiger partial charge is 0.359 e. The Morgan fingerprint density at radius 2 is 1.74 bits per heavy atom. The maximum atomic E-state index is 14.0. The van der Waals surface area contributed by atoms with Crippen molar-refractivity contribution in [3.05, 3.63) is 59.7 Å². The number of nitrogens with one attached hydrogen (secondary N) is 1. The van der Waals surface area contributed by atoms with Crippen LogP contribution in [0, 0.1) is 11.6 Å². The van der Waals surface area contributed by atoms with Crippen LogP contribution >= 0.6 is 0 Å². The quantitative estimate of drug-likeness (QED) is 0.904. The van der Waals surface area contributed by atoms with Crippen molar-refractivity contribution in [1.29, 1.82) is 0 Å². The summed E-state index contributed by atoms with van der Waals surface area (Å²) in [6, 6.07) is 11.7. The van der Waals surface area contributed by atoms with Gasteiger partial charge in [-0.05, 0) is 5.56 Å². The molecule has 2 nitrogen and oxygen atoms in total.